The van der Waals surface area contributed by atoms with Crippen molar-refractivity contribution < 1.29 is 103 Å². The summed E-state index contributed by atoms with van der Waals surface area (Å²) in [5.74, 6) is -9.62. The van der Waals surface area contributed by atoms with Crippen LogP contribution in [0.25, 0.3) is 26.8 Å². The van der Waals surface area contributed by atoms with Crippen molar-refractivity contribution in [2.24, 2.45) is 5.92 Å². The number of fused-ring (bicyclic) bond motifs is 3. The maximum Gasteiger partial charge on any atom is 0.261 e. The highest BCUT2D eigenvalue weighted by Crippen LogP contribution is 2.34. The highest BCUT2D eigenvalue weighted by molar-refractivity contribution is 7.90. The molecule has 35 heteroatoms. The standard InChI is InChI=1S/C62H82N12O21S2/c1-4-92-41-16-19-71(20-17-41)38-12-10-36(11-13-38)59-70-74-28-43(66-62(74)96-59)34-6-8-35(9-7-34)54(84)65-42-23-39(78)25-64-58(88)52-53(83)31(2)26-73(52)61(90)51(46(81)15-18-63-37(29-75)30-76)69-57(87)50(47(82)21-33-5-14-45(80)48(22-33)93-97-95-94-91)68-56(86)44-24-40(79)27-72(44)60(89)49(32(3)77)67-55(42)85/h5-14,22,28,31-32,37,39-42,44,46-47,49-53,63,75-83,91H,4,15-21,23-27,29-30H2,1-3H3,(H,64,88)(H,65,84)(H,67,85)(H,68,86)(H,69,87)/t31-,32+,39+,40+,42?,44-,46+,47+,49-,50-,51-,52-,53-/m0/s1. The number of phenols is 1. The summed E-state index contributed by atoms with van der Waals surface area (Å²) in [6, 6.07) is 5.55. The summed E-state index contributed by atoms with van der Waals surface area (Å²) in [5.41, 5.74) is 3.27. The van der Waals surface area contributed by atoms with Gasteiger partial charge in [0.15, 0.2) is 11.5 Å². The van der Waals surface area contributed by atoms with Gasteiger partial charge in [-0.1, -0.05) is 45.8 Å². The molecular formula is C62H82N12O21S2. The van der Waals surface area contributed by atoms with Gasteiger partial charge < -0.3 is 101 Å². The lowest BCUT2D eigenvalue weighted by molar-refractivity contribution is -0.433. The lowest BCUT2D eigenvalue weighted by Gasteiger charge is -2.34. The van der Waals surface area contributed by atoms with Crippen LogP contribution >= 0.6 is 23.7 Å². The van der Waals surface area contributed by atoms with Crippen molar-refractivity contribution in [3.05, 3.63) is 84.1 Å². The number of hydrogen-bond donors (Lipinski definition) is 16. The normalized spacial score (nSPS) is 25.4. The molecule has 0 saturated carbocycles. The number of aromatic nitrogens is 3. The van der Waals surface area contributed by atoms with Crippen LogP contribution in [0.5, 0.6) is 11.5 Å². The molecular weight excluding hydrogens is 1310 g/mol. The van der Waals surface area contributed by atoms with Gasteiger partial charge in [0, 0.05) is 86.9 Å². The summed E-state index contributed by atoms with van der Waals surface area (Å²) in [6.45, 7) is 4.18. The molecule has 0 radical (unpaired) electrons. The molecule has 2 aromatic heterocycles. The van der Waals surface area contributed by atoms with E-state index in [0.29, 0.717) is 22.8 Å². The number of phenolic OH excluding ortho intramolecular Hbond substituents is 1. The summed E-state index contributed by atoms with van der Waals surface area (Å²) < 4.78 is 16.8. The Hall–Kier alpha value is -7.72. The number of amides is 7. The van der Waals surface area contributed by atoms with E-state index in [1.54, 1.807) is 22.8 Å². The van der Waals surface area contributed by atoms with Crippen LogP contribution in [0.4, 0.5) is 5.69 Å². The van der Waals surface area contributed by atoms with E-state index in [1.165, 1.54) is 36.5 Å². The molecule has 528 valence electrons. The van der Waals surface area contributed by atoms with Gasteiger partial charge in [0.25, 0.3) is 18.2 Å². The molecule has 33 nitrogen and oxygen atoms in total. The zero-order valence-electron chi connectivity index (χ0n) is 53.2. The molecule has 0 aliphatic carbocycles. The lowest BCUT2D eigenvalue weighted by Crippen LogP contribution is -2.64. The van der Waals surface area contributed by atoms with Gasteiger partial charge in [-0.05, 0) is 93.7 Å². The van der Waals surface area contributed by atoms with Crippen LogP contribution in [-0.2, 0) is 49.3 Å². The molecule has 16 N–H and O–H groups in total. The molecule has 6 heterocycles. The third-order valence-electron chi connectivity index (χ3n) is 17.5. The molecule has 13 atom stereocenters. The molecule has 9 rings (SSSR count). The van der Waals surface area contributed by atoms with Crippen LogP contribution < -0.4 is 41.0 Å². The number of β-amino-alcohol motifs (C(OH)–C–C–N with tert-alkyl or cyclic N) is 1. The molecule has 4 aliphatic rings. The van der Waals surface area contributed by atoms with Crippen LogP contribution in [0.2, 0.25) is 0 Å². The van der Waals surface area contributed by atoms with E-state index in [-0.39, 0.29) is 48.4 Å². The number of aromatic hydroxyl groups is 1. The number of ether oxygens (including phenoxy) is 1. The van der Waals surface area contributed by atoms with Gasteiger partial charge in [0.05, 0.1) is 73.9 Å². The highest BCUT2D eigenvalue weighted by Gasteiger charge is 2.50. The minimum Gasteiger partial charge on any atom is -0.504 e. The monoisotopic (exact) mass is 1390 g/mol. The Labute approximate surface area is 564 Å². The van der Waals surface area contributed by atoms with E-state index >= 15 is 0 Å². The van der Waals surface area contributed by atoms with E-state index in [0.717, 1.165) is 71.0 Å². The minimum atomic E-state index is -2.16. The van der Waals surface area contributed by atoms with E-state index in [4.69, 9.17) is 24.3 Å². The highest BCUT2D eigenvalue weighted by atomic mass is 32.2. The zero-order chi connectivity index (χ0) is 69.8. The second kappa shape index (κ2) is 33.7. The predicted octanol–water partition coefficient (Wildman–Crippen LogP) is -2.52. The van der Waals surface area contributed by atoms with Crippen LogP contribution in [0.3, 0.4) is 0 Å². The van der Waals surface area contributed by atoms with Crippen molar-refractivity contribution in [1.29, 1.82) is 0 Å². The summed E-state index contributed by atoms with van der Waals surface area (Å²) in [6.07, 6.45) is -8.75. The summed E-state index contributed by atoms with van der Waals surface area (Å²) in [5, 5.41) is 132. The average Bonchev–Trinajstić information content (AvgIpc) is 1.67. The molecule has 4 aliphatic heterocycles. The Morgan fingerprint density at radius 1 is 0.804 bits per heavy atom. The first kappa shape index (κ1) is 73.5. The van der Waals surface area contributed by atoms with Crippen molar-refractivity contribution in [3.63, 3.8) is 0 Å². The van der Waals surface area contributed by atoms with Gasteiger partial charge in [0.1, 0.15) is 41.3 Å². The van der Waals surface area contributed by atoms with Gasteiger partial charge in [-0.2, -0.15) is 5.10 Å². The first-order valence-electron chi connectivity index (χ1n) is 31.7. The minimum absolute atomic E-state index is 0.0128. The lowest BCUT2D eigenvalue weighted by atomic mass is 9.98. The molecule has 4 saturated heterocycles. The number of anilines is 1. The third-order valence-corrected chi connectivity index (χ3v) is 18.9. The number of rotatable bonds is 22. The van der Waals surface area contributed by atoms with Crippen molar-refractivity contribution in [3.8, 4) is 33.3 Å². The fraction of sp³-hybridized carbons (Fsp3) is 0.532. The Bertz CT molecular complexity index is 3490. The van der Waals surface area contributed by atoms with Crippen molar-refractivity contribution in [1.82, 2.24) is 56.3 Å². The Kier molecular flexibility index (Phi) is 25.5. The largest absolute Gasteiger partial charge is 0.504 e. The van der Waals surface area contributed by atoms with Crippen LogP contribution in [0.1, 0.15) is 68.8 Å². The topological polar surface area (TPSA) is 471 Å². The number of imidazole rings is 1. The molecule has 0 bridgehead atoms. The second-order valence-electron chi connectivity index (χ2n) is 24.4. The van der Waals surface area contributed by atoms with Gasteiger partial charge in [-0.15, -0.1) is 0 Å². The van der Waals surface area contributed by atoms with Gasteiger partial charge in [-0.25, -0.2) is 14.8 Å². The quantitative estimate of drug-likeness (QED) is 0.0147. The maximum absolute atomic E-state index is 15.0. The summed E-state index contributed by atoms with van der Waals surface area (Å²) >= 11 is 1.45. The number of piperidine rings is 1. The number of aliphatic hydroxyl groups excluding tert-OH is 8. The number of carbonyl (C=O) groups excluding carboxylic acids is 7. The van der Waals surface area contributed by atoms with Crippen LogP contribution in [0.15, 0.2) is 72.9 Å². The van der Waals surface area contributed by atoms with E-state index in [1.807, 2.05) is 19.1 Å². The Balaban J connectivity index is 0.981. The first-order valence-corrected chi connectivity index (χ1v) is 33.2. The number of hydrogen-bond acceptors (Lipinski definition) is 27. The first-order chi connectivity index (χ1) is 46.5. The molecule has 0 spiro atoms. The second-order valence-corrected chi connectivity index (χ2v) is 25.8. The van der Waals surface area contributed by atoms with Crippen LogP contribution in [-0.4, -0.2) is 261 Å². The van der Waals surface area contributed by atoms with Crippen LogP contribution in [0, 0.1) is 5.92 Å². The molecule has 1 unspecified atom stereocenters. The van der Waals surface area contributed by atoms with E-state index < -0.39 is 184 Å². The predicted molar refractivity (Wildman–Crippen MR) is 345 cm³/mol. The zero-order valence-corrected chi connectivity index (χ0v) is 54.8. The number of aliphatic hydroxyl groups is 8. The molecule has 5 aromatic rings. The SMILES string of the molecule is CCOC1CCN(c2ccc(-c3nn4cc(-c5ccc(C(=O)NC6C[C@@H](O)CNC(=O)[C@@H]7[C@@H](O)[C@@H](C)CN7C(=O)[C@H]([C@H](O)CCNC(CO)CO)NC(=O)[C@H]([C@H](O)Cc7ccc(O)c(OSOOO)c7)NC(=O)[C@@H]7C[C@@H](O)CN7C(=O)[C@H]([C@@H](C)O)NC6=O)cc5)nc4s3)cc2)CC1. The summed E-state index contributed by atoms with van der Waals surface area (Å²) in [4.78, 5) is 112. The van der Waals surface area contributed by atoms with E-state index in [9.17, 15) is 79.5 Å². The fourth-order valence-electron chi connectivity index (χ4n) is 12.2. The third kappa shape index (κ3) is 18.2. The molecule has 7 amide bonds. The Morgan fingerprint density at radius 3 is 2.15 bits per heavy atom. The summed E-state index contributed by atoms with van der Waals surface area (Å²) in [7, 11) is 0. The number of carbonyl (C=O) groups is 7. The maximum atomic E-state index is 15.0. The number of benzene rings is 3. The van der Waals surface area contributed by atoms with Gasteiger partial charge in [0.2, 0.25) is 40.4 Å². The molecule has 97 heavy (non-hydrogen) atoms. The van der Waals surface area contributed by atoms with E-state index in [2.05, 4.69) is 58.3 Å². The molecule has 4 fully saturated rings. The van der Waals surface area contributed by atoms with Gasteiger partial charge in [-0.3, -0.25) is 33.6 Å². The Morgan fingerprint density at radius 2 is 1.48 bits per heavy atom. The van der Waals surface area contributed by atoms with Gasteiger partial charge >= 0.3 is 0 Å². The van der Waals surface area contributed by atoms with Crippen molar-refractivity contribution in [2.75, 3.05) is 64.0 Å². The molecule has 3 aromatic carbocycles. The van der Waals surface area contributed by atoms with Crippen molar-refractivity contribution in [2.45, 2.75) is 144 Å². The fourth-order valence-corrected chi connectivity index (χ4v) is 13.3. The van der Waals surface area contributed by atoms with Crippen molar-refractivity contribution >= 4 is 75.7 Å². The number of nitrogens with one attached hydrogen (secondary N) is 6. The average molecular weight is 1400 g/mol. The smallest absolute Gasteiger partial charge is 0.261 e. The number of nitrogens with zero attached hydrogens (tertiary/aromatic N) is 6.